The summed E-state index contributed by atoms with van der Waals surface area (Å²) in [4.78, 5) is 25.1. The molecule has 194 valence electrons. The van der Waals surface area contributed by atoms with Crippen LogP contribution in [0.15, 0.2) is 72.7 Å². The number of allylic oxidation sites excluding steroid dienone is 2. The van der Waals surface area contributed by atoms with Crippen molar-refractivity contribution < 1.29 is 18.3 Å². The van der Waals surface area contributed by atoms with Crippen molar-refractivity contribution in [2.45, 2.75) is 31.8 Å². The number of carbonyl (C=O) groups is 1. The van der Waals surface area contributed by atoms with E-state index >= 15 is 0 Å². The van der Waals surface area contributed by atoms with Crippen LogP contribution in [-0.2, 0) is 23.0 Å². The molecule has 0 radical (unpaired) electrons. The Balaban J connectivity index is 1.24. The van der Waals surface area contributed by atoms with E-state index < -0.39 is 10.0 Å². The van der Waals surface area contributed by atoms with Crippen LogP contribution in [0.5, 0.6) is 0 Å². The summed E-state index contributed by atoms with van der Waals surface area (Å²) >= 11 is 0. The predicted octanol–water partition coefficient (Wildman–Crippen LogP) is 2.62. The lowest BCUT2D eigenvalue weighted by Gasteiger charge is -2.31. The van der Waals surface area contributed by atoms with Gasteiger partial charge in [0.1, 0.15) is 23.6 Å². The molecular formula is C26H30N6O4S. The molecule has 1 amide bonds. The highest BCUT2D eigenvalue weighted by atomic mass is 32.2. The summed E-state index contributed by atoms with van der Waals surface area (Å²) in [7, 11) is -3.19. The molecule has 1 aromatic carbocycles. The van der Waals surface area contributed by atoms with Crippen molar-refractivity contribution in [1.82, 2.24) is 24.1 Å². The van der Waals surface area contributed by atoms with Crippen molar-refractivity contribution in [2.24, 2.45) is 0 Å². The Kier molecular flexibility index (Phi) is 6.98. The fourth-order valence-electron chi connectivity index (χ4n) is 4.85. The molecule has 3 aliphatic heterocycles. The van der Waals surface area contributed by atoms with Crippen LogP contribution in [0, 0.1) is 0 Å². The van der Waals surface area contributed by atoms with Crippen LogP contribution in [0.3, 0.4) is 0 Å². The number of anilines is 1. The minimum absolute atomic E-state index is 0.0483. The Labute approximate surface area is 216 Å². The van der Waals surface area contributed by atoms with Crippen LogP contribution in [0.25, 0.3) is 0 Å². The van der Waals surface area contributed by atoms with Gasteiger partial charge in [-0.25, -0.2) is 22.7 Å². The number of nitrogens with zero attached hydrogens (tertiary/aromatic N) is 5. The number of fused-ring (bicyclic) bond motifs is 1. The lowest BCUT2D eigenvalue weighted by molar-refractivity contribution is 0.0864. The van der Waals surface area contributed by atoms with E-state index in [-0.39, 0.29) is 23.4 Å². The quantitative estimate of drug-likeness (QED) is 0.615. The molecule has 0 spiro atoms. The van der Waals surface area contributed by atoms with Crippen molar-refractivity contribution >= 4 is 21.7 Å². The first kappa shape index (κ1) is 25.0. The van der Waals surface area contributed by atoms with Crippen LogP contribution >= 0.6 is 0 Å². The lowest BCUT2D eigenvalue weighted by atomic mass is 9.99. The number of aromatic nitrogens is 2. The molecule has 1 fully saturated rings. The van der Waals surface area contributed by atoms with Crippen LogP contribution in [0.1, 0.15) is 34.5 Å². The summed E-state index contributed by atoms with van der Waals surface area (Å²) in [6, 6.07) is 9.93. The molecule has 1 saturated heterocycles. The van der Waals surface area contributed by atoms with E-state index in [2.05, 4.69) is 32.3 Å². The number of carbonyl (C=O) groups excluding carboxylic acids is 1. The van der Waals surface area contributed by atoms with E-state index in [0.717, 1.165) is 13.0 Å². The topological polar surface area (TPSA) is 119 Å². The summed E-state index contributed by atoms with van der Waals surface area (Å²) in [6.07, 6.45) is 11.2. The highest BCUT2D eigenvalue weighted by molar-refractivity contribution is 7.88. The van der Waals surface area contributed by atoms with Crippen LogP contribution in [0.4, 0.5) is 5.82 Å². The summed E-state index contributed by atoms with van der Waals surface area (Å²) in [6.45, 7) is 2.34. The maximum Gasteiger partial charge on any atom is 0.280 e. The summed E-state index contributed by atoms with van der Waals surface area (Å²) in [5.41, 5.74) is 3.41. The monoisotopic (exact) mass is 522 g/mol. The zero-order valence-corrected chi connectivity index (χ0v) is 21.4. The first-order valence-electron chi connectivity index (χ1n) is 12.3. The Morgan fingerprint density at radius 2 is 1.78 bits per heavy atom. The van der Waals surface area contributed by atoms with Crippen LogP contribution in [-0.4, -0.2) is 75.4 Å². The van der Waals surface area contributed by atoms with Gasteiger partial charge in [0, 0.05) is 50.7 Å². The van der Waals surface area contributed by atoms with Gasteiger partial charge in [0.05, 0.1) is 12.0 Å². The molecule has 2 aromatic rings. The van der Waals surface area contributed by atoms with E-state index in [1.54, 1.807) is 18.3 Å². The standard InChI is InChI=1S/C26H30N6O4S/c1-37(35,36)32-14-7-21(8-15-32)29-25-16-22(27-18-28-25)26(34)30-12-9-23(24(33)10-13-30)31-11-6-19-4-2-3-5-20(19)17-31/h2-5,9-10,12-13,16,18,21,33H,6-8,11,14-15,17H2,1H3,(H,27,28,29). The van der Waals surface area contributed by atoms with Gasteiger partial charge >= 0.3 is 0 Å². The smallest absolute Gasteiger partial charge is 0.280 e. The molecular weight excluding hydrogens is 492 g/mol. The molecule has 4 heterocycles. The van der Waals surface area contributed by atoms with E-state index in [4.69, 9.17) is 0 Å². The molecule has 5 rings (SSSR count). The molecule has 0 unspecified atom stereocenters. The van der Waals surface area contributed by atoms with Crippen molar-refractivity contribution in [1.29, 1.82) is 0 Å². The third-order valence-electron chi connectivity index (χ3n) is 6.92. The zero-order valence-electron chi connectivity index (χ0n) is 20.6. The van der Waals surface area contributed by atoms with Crippen molar-refractivity contribution in [3.8, 4) is 0 Å². The van der Waals surface area contributed by atoms with E-state index in [1.165, 1.54) is 45.2 Å². The minimum atomic E-state index is -3.19. The summed E-state index contributed by atoms with van der Waals surface area (Å²) in [5.74, 6) is 0.242. The average Bonchev–Trinajstić information content (AvgIpc) is 3.09. The van der Waals surface area contributed by atoms with Crippen molar-refractivity contribution in [3.63, 3.8) is 0 Å². The summed E-state index contributed by atoms with van der Waals surface area (Å²) in [5, 5.41) is 14.0. The van der Waals surface area contributed by atoms with Gasteiger partial charge in [0.15, 0.2) is 0 Å². The molecule has 0 aliphatic carbocycles. The number of nitrogens with one attached hydrogen (secondary N) is 1. The van der Waals surface area contributed by atoms with Gasteiger partial charge < -0.3 is 15.3 Å². The molecule has 0 bridgehead atoms. The fourth-order valence-corrected chi connectivity index (χ4v) is 5.73. The third kappa shape index (κ3) is 5.67. The first-order valence-corrected chi connectivity index (χ1v) is 14.1. The van der Waals surface area contributed by atoms with Gasteiger partial charge in [0.25, 0.3) is 5.91 Å². The largest absolute Gasteiger partial charge is 0.506 e. The van der Waals surface area contributed by atoms with E-state index in [1.807, 2.05) is 12.1 Å². The number of benzene rings is 1. The average molecular weight is 523 g/mol. The van der Waals surface area contributed by atoms with Gasteiger partial charge in [-0.3, -0.25) is 9.69 Å². The number of aliphatic hydroxyl groups is 1. The summed E-state index contributed by atoms with van der Waals surface area (Å²) < 4.78 is 24.9. The van der Waals surface area contributed by atoms with Crippen molar-refractivity contribution in [3.05, 3.63) is 89.5 Å². The van der Waals surface area contributed by atoms with Gasteiger partial charge in [-0.05, 0) is 42.5 Å². The van der Waals surface area contributed by atoms with Gasteiger partial charge in [-0.1, -0.05) is 24.3 Å². The Morgan fingerprint density at radius 1 is 1.05 bits per heavy atom. The van der Waals surface area contributed by atoms with E-state index in [0.29, 0.717) is 44.0 Å². The normalized spacial score (nSPS) is 19.1. The molecule has 0 atom stereocenters. The second-order valence-corrected chi connectivity index (χ2v) is 11.4. The first-order chi connectivity index (χ1) is 17.8. The molecule has 10 nitrogen and oxygen atoms in total. The highest BCUT2D eigenvalue weighted by Gasteiger charge is 2.26. The SMILES string of the molecule is CS(=O)(=O)N1CCC(Nc2cc(C(=O)N3C=CC(O)=C(N4CCc5ccccc5C4)C=C3)ncn2)CC1. The zero-order chi connectivity index (χ0) is 26.0. The maximum absolute atomic E-state index is 13.2. The number of amides is 1. The van der Waals surface area contributed by atoms with Gasteiger partial charge in [-0.15, -0.1) is 0 Å². The predicted molar refractivity (Wildman–Crippen MR) is 140 cm³/mol. The molecule has 1 aromatic heterocycles. The Bertz CT molecular complexity index is 1380. The van der Waals surface area contributed by atoms with Crippen molar-refractivity contribution in [2.75, 3.05) is 31.2 Å². The molecule has 3 aliphatic rings. The lowest BCUT2D eigenvalue weighted by Crippen LogP contribution is -2.41. The van der Waals surface area contributed by atoms with Crippen LogP contribution < -0.4 is 5.32 Å². The fraction of sp³-hybridized carbons (Fsp3) is 0.346. The molecule has 11 heteroatoms. The highest BCUT2D eigenvalue weighted by Crippen LogP contribution is 2.25. The molecule has 37 heavy (non-hydrogen) atoms. The number of hydrogen-bond acceptors (Lipinski definition) is 8. The number of piperidine rings is 1. The Hall–Kier alpha value is -3.70. The second-order valence-electron chi connectivity index (χ2n) is 9.42. The van der Waals surface area contributed by atoms with Crippen LogP contribution in [0.2, 0.25) is 0 Å². The molecule has 0 saturated carbocycles. The van der Waals surface area contributed by atoms with E-state index in [9.17, 15) is 18.3 Å². The number of rotatable bonds is 5. The Morgan fingerprint density at radius 3 is 2.54 bits per heavy atom. The number of sulfonamides is 1. The maximum atomic E-state index is 13.2. The van der Waals surface area contributed by atoms with Gasteiger partial charge in [0.2, 0.25) is 10.0 Å². The minimum Gasteiger partial charge on any atom is -0.506 e. The second kappa shape index (κ2) is 10.3. The molecule has 2 N–H and O–H groups in total. The number of aliphatic hydroxyl groups excluding tert-OH is 1. The number of hydrogen-bond donors (Lipinski definition) is 2. The van der Waals surface area contributed by atoms with Gasteiger partial charge in [-0.2, -0.15) is 0 Å². The third-order valence-corrected chi connectivity index (χ3v) is 8.22.